The van der Waals surface area contributed by atoms with Crippen LogP contribution >= 0.6 is 0 Å². The van der Waals surface area contributed by atoms with E-state index in [1.165, 1.54) is 11.1 Å². The maximum Gasteiger partial charge on any atom is 0.193 e. The molecule has 0 heterocycles. The fourth-order valence-corrected chi connectivity index (χ4v) is 2.69. The van der Waals surface area contributed by atoms with Gasteiger partial charge >= 0.3 is 0 Å². The summed E-state index contributed by atoms with van der Waals surface area (Å²) in [5, 5.41) is 3.16. The van der Waals surface area contributed by atoms with E-state index in [2.05, 4.69) is 72.4 Å². The Bertz CT molecular complexity index is 673. The largest absolute Gasteiger partial charge is 0.370 e. The van der Waals surface area contributed by atoms with Crippen molar-refractivity contribution >= 4 is 11.6 Å². The van der Waals surface area contributed by atoms with Gasteiger partial charge in [-0.25, -0.2) is 4.99 Å². The molecular formula is C21H30N4. The Hall–Kier alpha value is -2.33. The van der Waals surface area contributed by atoms with Crippen LogP contribution in [0.3, 0.4) is 0 Å². The Balaban J connectivity index is 1.91. The summed E-state index contributed by atoms with van der Waals surface area (Å²) in [6, 6.07) is 16.9. The molecule has 4 heteroatoms. The summed E-state index contributed by atoms with van der Waals surface area (Å²) < 4.78 is 0. The molecule has 0 radical (unpaired) electrons. The van der Waals surface area contributed by atoms with Gasteiger partial charge in [0.15, 0.2) is 5.96 Å². The molecule has 2 aromatic carbocycles. The molecule has 0 aliphatic carbocycles. The van der Waals surface area contributed by atoms with E-state index in [0.29, 0.717) is 12.5 Å². The highest BCUT2D eigenvalue weighted by Gasteiger charge is 2.01. The number of nitrogens with one attached hydrogen (secondary N) is 1. The van der Waals surface area contributed by atoms with E-state index < -0.39 is 0 Å². The van der Waals surface area contributed by atoms with Gasteiger partial charge in [0.05, 0.1) is 6.54 Å². The molecule has 25 heavy (non-hydrogen) atoms. The zero-order chi connectivity index (χ0) is 18.1. The lowest BCUT2D eigenvalue weighted by molar-refractivity contribution is 0.296. The number of rotatable bonds is 8. The lowest BCUT2D eigenvalue weighted by atomic mass is 10.1. The third-order valence-electron chi connectivity index (χ3n) is 4.36. The van der Waals surface area contributed by atoms with Crippen LogP contribution in [-0.2, 0) is 19.5 Å². The predicted molar refractivity (Wildman–Crippen MR) is 108 cm³/mol. The number of benzene rings is 2. The normalized spacial score (nSPS) is 11.8. The standard InChI is InChI=1S/C21H30N4/c1-4-17-8-7-9-20(14-17)24-21(22)23-15-18-10-12-19(13-11-18)16-25(5-2)6-3/h7-14H,4-6,15-16H2,1-3H3,(H3,22,23,24). The van der Waals surface area contributed by atoms with Gasteiger partial charge in [-0.3, -0.25) is 4.90 Å². The third-order valence-corrected chi connectivity index (χ3v) is 4.36. The monoisotopic (exact) mass is 338 g/mol. The maximum absolute atomic E-state index is 6.01. The van der Waals surface area contributed by atoms with Crippen LogP contribution in [0.25, 0.3) is 0 Å². The van der Waals surface area contributed by atoms with Gasteiger partial charge in [-0.15, -0.1) is 0 Å². The Morgan fingerprint density at radius 3 is 2.28 bits per heavy atom. The van der Waals surface area contributed by atoms with Crippen molar-refractivity contribution in [3.63, 3.8) is 0 Å². The molecular weight excluding hydrogens is 308 g/mol. The molecule has 0 aliphatic heterocycles. The van der Waals surface area contributed by atoms with Crippen molar-refractivity contribution in [3.05, 3.63) is 65.2 Å². The number of nitrogens with two attached hydrogens (primary N) is 1. The molecule has 2 rings (SSSR count). The molecule has 0 atom stereocenters. The van der Waals surface area contributed by atoms with Gasteiger partial charge in [0.2, 0.25) is 0 Å². The number of hydrogen-bond donors (Lipinski definition) is 2. The van der Waals surface area contributed by atoms with Crippen molar-refractivity contribution in [1.29, 1.82) is 0 Å². The number of anilines is 1. The van der Waals surface area contributed by atoms with Crippen LogP contribution in [0.2, 0.25) is 0 Å². The first kappa shape index (κ1) is 19.0. The highest BCUT2D eigenvalue weighted by Crippen LogP contribution is 2.11. The summed E-state index contributed by atoms with van der Waals surface area (Å²) >= 11 is 0. The van der Waals surface area contributed by atoms with Crippen LogP contribution in [0, 0.1) is 0 Å². The molecule has 0 aromatic heterocycles. The van der Waals surface area contributed by atoms with Crippen LogP contribution < -0.4 is 11.1 Å². The van der Waals surface area contributed by atoms with Crippen LogP contribution in [0.15, 0.2) is 53.5 Å². The van der Waals surface area contributed by atoms with Gasteiger partial charge in [-0.1, -0.05) is 57.2 Å². The molecule has 2 aromatic rings. The van der Waals surface area contributed by atoms with Gasteiger partial charge in [-0.05, 0) is 48.3 Å². The number of hydrogen-bond acceptors (Lipinski definition) is 2. The number of nitrogens with zero attached hydrogens (tertiary/aromatic N) is 2. The molecule has 0 saturated carbocycles. The predicted octanol–water partition coefficient (Wildman–Crippen LogP) is 4.02. The van der Waals surface area contributed by atoms with E-state index in [1.807, 2.05) is 12.1 Å². The van der Waals surface area contributed by atoms with E-state index >= 15 is 0 Å². The van der Waals surface area contributed by atoms with Crippen LogP contribution in [0.1, 0.15) is 37.5 Å². The fourth-order valence-electron chi connectivity index (χ4n) is 2.69. The van der Waals surface area contributed by atoms with Crippen LogP contribution in [0.4, 0.5) is 5.69 Å². The molecule has 0 fully saturated rings. The molecule has 0 aliphatic rings. The second-order valence-corrected chi connectivity index (χ2v) is 6.16. The summed E-state index contributed by atoms with van der Waals surface area (Å²) in [5.74, 6) is 0.445. The van der Waals surface area contributed by atoms with Gasteiger partial charge in [0, 0.05) is 12.2 Å². The second kappa shape index (κ2) is 9.84. The molecule has 0 saturated heterocycles. The summed E-state index contributed by atoms with van der Waals surface area (Å²) in [6.07, 6.45) is 1.01. The van der Waals surface area contributed by atoms with Crippen LogP contribution in [-0.4, -0.2) is 23.9 Å². The van der Waals surface area contributed by atoms with E-state index in [0.717, 1.165) is 37.3 Å². The SMILES string of the molecule is CCc1cccc(NC(N)=NCc2ccc(CN(CC)CC)cc2)c1. The van der Waals surface area contributed by atoms with Crippen molar-refractivity contribution in [3.8, 4) is 0 Å². The van der Waals surface area contributed by atoms with Crippen LogP contribution in [0.5, 0.6) is 0 Å². The van der Waals surface area contributed by atoms with Crippen molar-refractivity contribution in [2.24, 2.45) is 10.7 Å². The molecule has 0 amide bonds. The molecule has 0 unspecified atom stereocenters. The Labute approximate surface area is 151 Å². The first-order chi connectivity index (χ1) is 12.1. The average molecular weight is 338 g/mol. The maximum atomic E-state index is 6.01. The van der Waals surface area contributed by atoms with Gasteiger partial charge in [0.25, 0.3) is 0 Å². The number of guanidine groups is 1. The average Bonchev–Trinajstić information content (AvgIpc) is 2.65. The van der Waals surface area contributed by atoms with Crippen molar-refractivity contribution in [2.75, 3.05) is 18.4 Å². The zero-order valence-electron chi connectivity index (χ0n) is 15.6. The summed E-state index contributed by atoms with van der Waals surface area (Å²) in [7, 11) is 0. The second-order valence-electron chi connectivity index (χ2n) is 6.16. The molecule has 134 valence electrons. The highest BCUT2D eigenvalue weighted by molar-refractivity contribution is 5.92. The number of aryl methyl sites for hydroxylation is 1. The van der Waals surface area contributed by atoms with Gasteiger partial charge in [-0.2, -0.15) is 0 Å². The Morgan fingerprint density at radius 1 is 0.960 bits per heavy atom. The van der Waals surface area contributed by atoms with E-state index in [-0.39, 0.29) is 0 Å². The van der Waals surface area contributed by atoms with Crippen molar-refractivity contribution < 1.29 is 0 Å². The Kier molecular flexibility index (Phi) is 7.48. The smallest absolute Gasteiger partial charge is 0.193 e. The minimum atomic E-state index is 0.445. The third kappa shape index (κ3) is 6.24. The van der Waals surface area contributed by atoms with E-state index in [4.69, 9.17) is 5.73 Å². The summed E-state index contributed by atoms with van der Waals surface area (Å²) in [4.78, 5) is 6.84. The zero-order valence-corrected chi connectivity index (χ0v) is 15.6. The molecule has 0 bridgehead atoms. The first-order valence-corrected chi connectivity index (χ1v) is 9.10. The molecule has 0 spiro atoms. The van der Waals surface area contributed by atoms with E-state index in [1.54, 1.807) is 0 Å². The van der Waals surface area contributed by atoms with Gasteiger partial charge in [0.1, 0.15) is 0 Å². The summed E-state index contributed by atoms with van der Waals surface area (Å²) in [6.45, 7) is 10.2. The van der Waals surface area contributed by atoms with Gasteiger partial charge < -0.3 is 11.1 Å². The minimum Gasteiger partial charge on any atom is -0.370 e. The Morgan fingerprint density at radius 2 is 1.64 bits per heavy atom. The lowest BCUT2D eigenvalue weighted by Gasteiger charge is -2.17. The number of aliphatic imine (C=N–C) groups is 1. The van der Waals surface area contributed by atoms with E-state index in [9.17, 15) is 0 Å². The lowest BCUT2D eigenvalue weighted by Crippen LogP contribution is -2.22. The highest BCUT2D eigenvalue weighted by atomic mass is 15.1. The topological polar surface area (TPSA) is 53.6 Å². The summed E-state index contributed by atoms with van der Waals surface area (Å²) in [5.41, 5.74) is 10.8. The van der Waals surface area contributed by atoms with Crippen molar-refractivity contribution in [2.45, 2.75) is 40.3 Å². The minimum absolute atomic E-state index is 0.445. The van der Waals surface area contributed by atoms with Crippen molar-refractivity contribution in [1.82, 2.24) is 4.90 Å². The molecule has 3 N–H and O–H groups in total. The quantitative estimate of drug-likeness (QED) is 0.565. The molecule has 4 nitrogen and oxygen atoms in total. The first-order valence-electron chi connectivity index (χ1n) is 9.10. The fraction of sp³-hybridized carbons (Fsp3) is 0.381.